The van der Waals surface area contributed by atoms with E-state index < -0.39 is 6.09 Å². The fourth-order valence-electron chi connectivity index (χ4n) is 3.45. The monoisotopic (exact) mass is 424 g/mol. The molecule has 156 valence electrons. The minimum atomic E-state index is -0.943. The number of amides is 1. The average Bonchev–Trinajstić information content (AvgIpc) is 3.18. The number of nitrogens with one attached hydrogen (secondary N) is 1. The molecule has 30 heavy (non-hydrogen) atoms. The molecular weight excluding hydrogens is 400 g/mol. The highest BCUT2D eigenvalue weighted by Gasteiger charge is 2.32. The van der Waals surface area contributed by atoms with E-state index in [0.717, 1.165) is 29.2 Å². The van der Waals surface area contributed by atoms with Gasteiger partial charge < -0.3 is 14.6 Å². The Morgan fingerprint density at radius 1 is 1.17 bits per heavy atom. The van der Waals surface area contributed by atoms with E-state index in [9.17, 15) is 9.90 Å². The Morgan fingerprint density at radius 3 is 2.63 bits per heavy atom. The highest BCUT2D eigenvalue weighted by molar-refractivity contribution is 7.99. The number of thioether (sulfide) groups is 1. The van der Waals surface area contributed by atoms with Crippen LogP contribution in [0.3, 0.4) is 0 Å². The molecule has 1 unspecified atom stereocenters. The zero-order valence-electron chi connectivity index (χ0n) is 16.5. The van der Waals surface area contributed by atoms with Crippen molar-refractivity contribution >= 4 is 17.9 Å². The molecule has 7 nitrogen and oxygen atoms in total. The fourth-order valence-corrected chi connectivity index (χ4v) is 4.32. The van der Waals surface area contributed by atoms with Crippen molar-refractivity contribution < 1.29 is 14.7 Å². The highest BCUT2D eigenvalue weighted by atomic mass is 32.2. The van der Waals surface area contributed by atoms with Gasteiger partial charge in [-0.05, 0) is 17.7 Å². The molecule has 0 saturated heterocycles. The second-order valence-electron chi connectivity index (χ2n) is 7.04. The molecule has 2 aromatic carbocycles. The van der Waals surface area contributed by atoms with Gasteiger partial charge in [-0.3, -0.25) is 4.84 Å². The number of hydrogen-bond acceptors (Lipinski definition) is 5. The summed E-state index contributed by atoms with van der Waals surface area (Å²) in [5.74, 6) is 0.877. The van der Waals surface area contributed by atoms with E-state index in [2.05, 4.69) is 22.6 Å². The number of imidazole rings is 1. The third-order valence-corrected chi connectivity index (χ3v) is 5.97. The molecule has 4 rings (SSSR count). The van der Waals surface area contributed by atoms with Gasteiger partial charge >= 0.3 is 6.09 Å². The topological polar surface area (TPSA) is 79.6 Å². The molecule has 1 aliphatic heterocycles. The van der Waals surface area contributed by atoms with Crippen LogP contribution in [-0.2, 0) is 24.5 Å². The summed E-state index contributed by atoms with van der Waals surface area (Å²) in [6, 6.07) is 19.8. The molecule has 0 aliphatic carbocycles. The van der Waals surface area contributed by atoms with Crippen LogP contribution in [-0.4, -0.2) is 37.9 Å². The Kier molecular flexibility index (Phi) is 6.68. The molecule has 0 radical (unpaired) electrons. The molecule has 3 aromatic rings. The number of nitrogens with zero attached hydrogens (tertiary/aromatic N) is 3. The number of carbonyl (C=O) groups is 1. The SMILES string of the molecule is O=C(O)N1Cc2c(ncn2CCSc2ccccc2)C(NOCc2ccccc2)C1. The lowest BCUT2D eigenvalue weighted by Crippen LogP contribution is -2.42. The maximum absolute atomic E-state index is 11.7. The Bertz CT molecular complexity index is 965. The van der Waals surface area contributed by atoms with E-state index >= 15 is 0 Å². The zero-order valence-corrected chi connectivity index (χ0v) is 17.3. The second-order valence-corrected chi connectivity index (χ2v) is 8.21. The van der Waals surface area contributed by atoms with Crippen molar-refractivity contribution in [2.24, 2.45) is 0 Å². The van der Waals surface area contributed by atoms with Crippen molar-refractivity contribution in [3.63, 3.8) is 0 Å². The highest BCUT2D eigenvalue weighted by Crippen LogP contribution is 2.27. The van der Waals surface area contributed by atoms with E-state index in [4.69, 9.17) is 4.84 Å². The summed E-state index contributed by atoms with van der Waals surface area (Å²) in [6.07, 6.45) is 0.856. The predicted molar refractivity (Wildman–Crippen MR) is 115 cm³/mol. The first-order valence-electron chi connectivity index (χ1n) is 9.81. The first kappa shape index (κ1) is 20.5. The number of fused-ring (bicyclic) bond motifs is 1. The number of carboxylic acid groups (broad SMARTS) is 1. The van der Waals surface area contributed by atoms with Crippen LogP contribution < -0.4 is 5.48 Å². The fraction of sp³-hybridized carbons (Fsp3) is 0.273. The van der Waals surface area contributed by atoms with Crippen LogP contribution in [0.1, 0.15) is 23.0 Å². The molecule has 1 aliphatic rings. The normalized spacial score (nSPS) is 15.7. The van der Waals surface area contributed by atoms with Crippen molar-refractivity contribution in [3.8, 4) is 0 Å². The van der Waals surface area contributed by atoms with Gasteiger partial charge in [-0.2, -0.15) is 5.48 Å². The number of hydrogen-bond donors (Lipinski definition) is 2. The molecule has 0 saturated carbocycles. The molecule has 8 heteroatoms. The van der Waals surface area contributed by atoms with Gasteiger partial charge in [0.15, 0.2) is 0 Å². The summed E-state index contributed by atoms with van der Waals surface area (Å²) < 4.78 is 2.05. The maximum Gasteiger partial charge on any atom is 0.407 e. The molecule has 2 N–H and O–H groups in total. The van der Waals surface area contributed by atoms with Crippen molar-refractivity contribution in [1.82, 2.24) is 19.9 Å². The molecule has 1 aromatic heterocycles. The Balaban J connectivity index is 1.41. The number of aryl methyl sites for hydroxylation is 1. The molecule has 1 amide bonds. The van der Waals surface area contributed by atoms with Crippen LogP contribution in [0, 0.1) is 0 Å². The van der Waals surface area contributed by atoms with Gasteiger partial charge in [-0.1, -0.05) is 48.5 Å². The minimum Gasteiger partial charge on any atom is -0.465 e. The van der Waals surface area contributed by atoms with Crippen molar-refractivity contribution in [2.45, 2.75) is 30.6 Å². The van der Waals surface area contributed by atoms with Crippen LogP contribution >= 0.6 is 11.8 Å². The van der Waals surface area contributed by atoms with Crippen LogP contribution in [0.25, 0.3) is 0 Å². The summed E-state index contributed by atoms with van der Waals surface area (Å²) in [7, 11) is 0. The molecule has 0 bridgehead atoms. The van der Waals surface area contributed by atoms with Crippen LogP contribution in [0.5, 0.6) is 0 Å². The van der Waals surface area contributed by atoms with Gasteiger partial charge in [0.05, 0.1) is 36.9 Å². The molecule has 0 fully saturated rings. The number of rotatable bonds is 8. The van der Waals surface area contributed by atoms with Crippen LogP contribution in [0.4, 0.5) is 4.79 Å². The van der Waals surface area contributed by atoms with Gasteiger partial charge in [0.25, 0.3) is 0 Å². The third-order valence-electron chi connectivity index (χ3n) is 4.97. The summed E-state index contributed by atoms with van der Waals surface area (Å²) in [5, 5.41) is 9.56. The average molecular weight is 425 g/mol. The summed E-state index contributed by atoms with van der Waals surface area (Å²) in [6.45, 7) is 1.78. The molecular formula is C22H24N4O3S. The van der Waals surface area contributed by atoms with Crippen molar-refractivity contribution in [2.75, 3.05) is 12.3 Å². The number of benzene rings is 2. The quantitative estimate of drug-likeness (QED) is 0.421. The predicted octanol–water partition coefficient (Wildman–Crippen LogP) is 3.93. The lowest BCUT2D eigenvalue weighted by atomic mass is 10.1. The Labute approximate surface area is 179 Å². The smallest absolute Gasteiger partial charge is 0.407 e. The second kappa shape index (κ2) is 9.80. The molecule has 2 heterocycles. The summed E-state index contributed by atoms with van der Waals surface area (Å²) in [5.41, 5.74) is 5.83. The lowest BCUT2D eigenvalue weighted by molar-refractivity contribution is -0.00954. The lowest BCUT2D eigenvalue weighted by Gasteiger charge is -2.31. The largest absolute Gasteiger partial charge is 0.465 e. The van der Waals surface area contributed by atoms with E-state index in [1.165, 1.54) is 9.80 Å². The van der Waals surface area contributed by atoms with E-state index in [0.29, 0.717) is 19.7 Å². The first-order chi connectivity index (χ1) is 14.7. The van der Waals surface area contributed by atoms with Crippen molar-refractivity contribution in [1.29, 1.82) is 0 Å². The minimum absolute atomic E-state index is 0.299. The maximum atomic E-state index is 11.7. The van der Waals surface area contributed by atoms with E-state index in [-0.39, 0.29) is 6.04 Å². The summed E-state index contributed by atoms with van der Waals surface area (Å²) in [4.78, 5) is 24.5. The molecule has 0 spiro atoms. The van der Waals surface area contributed by atoms with Gasteiger partial charge in [-0.15, -0.1) is 11.8 Å². The van der Waals surface area contributed by atoms with Crippen LogP contribution in [0.15, 0.2) is 71.9 Å². The number of aromatic nitrogens is 2. The first-order valence-corrected chi connectivity index (χ1v) is 10.8. The van der Waals surface area contributed by atoms with Gasteiger partial charge in [0.2, 0.25) is 0 Å². The molecule has 1 atom stereocenters. The van der Waals surface area contributed by atoms with E-state index in [1.807, 2.05) is 53.1 Å². The summed E-state index contributed by atoms with van der Waals surface area (Å²) >= 11 is 1.77. The van der Waals surface area contributed by atoms with Gasteiger partial charge in [-0.25, -0.2) is 9.78 Å². The number of hydroxylamine groups is 1. The van der Waals surface area contributed by atoms with E-state index in [1.54, 1.807) is 18.1 Å². The van der Waals surface area contributed by atoms with Crippen LogP contribution in [0.2, 0.25) is 0 Å². The van der Waals surface area contributed by atoms with Gasteiger partial charge in [0.1, 0.15) is 0 Å². The zero-order chi connectivity index (χ0) is 20.8. The van der Waals surface area contributed by atoms with Gasteiger partial charge in [0, 0.05) is 23.7 Å². The standard InChI is InChI=1S/C22H24N4O3S/c27-22(28)26-13-19(24-29-15-17-7-3-1-4-8-17)21-20(14-26)25(16-23-21)11-12-30-18-9-5-2-6-10-18/h1-10,16,19,24H,11-15H2,(H,27,28). The van der Waals surface area contributed by atoms with Crippen molar-refractivity contribution in [3.05, 3.63) is 83.9 Å². The Hall–Kier alpha value is -2.81. The Morgan fingerprint density at radius 2 is 1.90 bits per heavy atom. The third kappa shape index (κ3) is 5.02.